The Morgan fingerprint density at radius 1 is 1.25 bits per heavy atom. The number of benzene rings is 1. The molecule has 7 heteroatoms. The van der Waals surface area contributed by atoms with E-state index in [1.807, 2.05) is 0 Å². The summed E-state index contributed by atoms with van der Waals surface area (Å²) in [5.74, 6) is -2.07. The Labute approximate surface area is 97.9 Å². The van der Waals surface area contributed by atoms with Crippen LogP contribution in [0.2, 0.25) is 0 Å². The third kappa shape index (κ3) is 2.75. The molecule has 0 bridgehead atoms. The molecular formula is C9H3BrF2N4. The van der Waals surface area contributed by atoms with Crippen molar-refractivity contribution in [2.45, 2.75) is 0 Å². The number of anilines is 1. The minimum Gasteiger partial charge on any atom is -0.275 e. The van der Waals surface area contributed by atoms with E-state index >= 15 is 0 Å². The van der Waals surface area contributed by atoms with Crippen LogP contribution in [0.25, 0.3) is 0 Å². The van der Waals surface area contributed by atoms with Crippen molar-refractivity contribution in [1.29, 1.82) is 10.5 Å². The highest BCUT2D eigenvalue weighted by atomic mass is 79.9. The highest BCUT2D eigenvalue weighted by Gasteiger charge is 2.07. The molecule has 4 nitrogen and oxygen atoms in total. The fourth-order valence-corrected chi connectivity index (χ4v) is 1.20. The van der Waals surface area contributed by atoms with Crippen molar-refractivity contribution in [1.82, 2.24) is 0 Å². The number of halogens is 3. The molecule has 0 heterocycles. The van der Waals surface area contributed by atoms with Gasteiger partial charge in [0, 0.05) is 10.5 Å². The van der Waals surface area contributed by atoms with E-state index in [-0.39, 0.29) is 10.2 Å². The van der Waals surface area contributed by atoms with Gasteiger partial charge in [-0.2, -0.15) is 15.6 Å². The number of hydrazone groups is 1. The Bertz CT molecular complexity index is 512. The fraction of sp³-hybridized carbons (Fsp3) is 0. The predicted octanol–water partition coefficient (Wildman–Crippen LogP) is 2.54. The van der Waals surface area contributed by atoms with Gasteiger partial charge in [-0.25, -0.2) is 8.78 Å². The van der Waals surface area contributed by atoms with Crippen molar-refractivity contribution in [2.24, 2.45) is 5.10 Å². The topological polar surface area (TPSA) is 72.0 Å². The van der Waals surface area contributed by atoms with Crippen LogP contribution in [0, 0.1) is 34.3 Å². The van der Waals surface area contributed by atoms with E-state index in [0.29, 0.717) is 0 Å². The number of nitriles is 2. The summed E-state index contributed by atoms with van der Waals surface area (Å²) in [6, 6.07) is 4.79. The molecule has 0 aliphatic carbocycles. The Balaban J connectivity index is 3.01. The molecule has 1 rings (SSSR count). The van der Waals surface area contributed by atoms with Crippen molar-refractivity contribution in [3.8, 4) is 12.1 Å². The van der Waals surface area contributed by atoms with Gasteiger partial charge >= 0.3 is 0 Å². The number of nitrogens with zero attached hydrogens (tertiary/aromatic N) is 3. The average molecular weight is 285 g/mol. The minimum absolute atomic E-state index is 0.113. The lowest BCUT2D eigenvalue weighted by Gasteiger charge is -2.03. The van der Waals surface area contributed by atoms with Gasteiger partial charge in [-0.3, -0.25) is 5.43 Å². The van der Waals surface area contributed by atoms with Crippen molar-refractivity contribution >= 4 is 27.3 Å². The molecule has 0 spiro atoms. The lowest BCUT2D eigenvalue weighted by atomic mass is 10.3. The van der Waals surface area contributed by atoms with Gasteiger partial charge in [0.25, 0.3) is 0 Å². The number of hydrogen-bond acceptors (Lipinski definition) is 4. The zero-order chi connectivity index (χ0) is 12.1. The minimum atomic E-state index is -1.06. The van der Waals surface area contributed by atoms with Gasteiger partial charge in [0.2, 0.25) is 5.71 Å². The molecule has 0 fully saturated rings. The third-order valence-electron chi connectivity index (χ3n) is 1.51. The van der Waals surface area contributed by atoms with Gasteiger partial charge in [-0.1, -0.05) is 0 Å². The molecule has 0 radical (unpaired) electrons. The summed E-state index contributed by atoms with van der Waals surface area (Å²) in [6.07, 6.45) is 0. The lowest BCUT2D eigenvalue weighted by molar-refractivity contribution is 0.508. The summed E-state index contributed by atoms with van der Waals surface area (Å²) < 4.78 is 25.8. The Hall–Kier alpha value is -1.99. The molecule has 0 saturated heterocycles. The molecule has 80 valence electrons. The standard InChI is InChI=1S/C9H3BrF2N4/c10-6-1-7(11)8(12)2-9(6)16-15-5(3-13)4-14/h1-2,16H. The van der Waals surface area contributed by atoms with E-state index in [9.17, 15) is 8.78 Å². The maximum atomic E-state index is 12.8. The van der Waals surface area contributed by atoms with Gasteiger partial charge in [0.15, 0.2) is 11.6 Å². The molecular weight excluding hydrogens is 282 g/mol. The van der Waals surface area contributed by atoms with Crippen molar-refractivity contribution in [2.75, 3.05) is 5.43 Å². The van der Waals surface area contributed by atoms with Crippen LogP contribution in [0.3, 0.4) is 0 Å². The van der Waals surface area contributed by atoms with E-state index in [2.05, 4.69) is 26.5 Å². The molecule has 0 atom stereocenters. The van der Waals surface area contributed by atoms with E-state index in [1.54, 1.807) is 0 Å². The second-order valence-electron chi connectivity index (χ2n) is 2.54. The highest BCUT2D eigenvalue weighted by molar-refractivity contribution is 9.10. The lowest BCUT2D eigenvalue weighted by Crippen LogP contribution is -1.98. The molecule has 0 aliphatic heterocycles. The SMILES string of the molecule is N#CC(C#N)=NNc1cc(F)c(F)cc1Br. The van der Waals surface area contributed by atoms with Crippen LogP contribution >= 0.6 is 15.9 Å². The van der Waals surface area contributed by atoms with E-state index in [1.165, 1.54) is 12.1 Å². The monoisotopic (exact) mass is 284 g/mol. The quantitative estimate of drug-likeness (QED) is 0.515. The Kier molecular flexibility index (Phi) is 3.92. The zero-order valence-corrected chi connectivity index (χ0v) is 9.22. The molecule has 1 aromatic carbocycles. The Morgan fingerprint density at radius 2 is 1.81 bits per heavy atom. The molecule has 0 aliphatic rings. The highest BCUT2D eigenvalue weighted by Crippen LogP contribution is 2.25. The maximum Gasteiger partial charge on any atom is 0.237 e. The van der Waals surface area contributed by atoms with Crippen molar-refractivity contribution in [3.05, 3.63) is 28.2 Å². The van der Waals surface area contributed by atoms with Crippen LogP contribution in [-0.4, -0.2) is 5.71 Å². The maximum absolute atomic E-state index is 12.8. The first kappa shape index (κ1) is 12.1. The van der Waals surface area contributed by atoms with E-state index < -0.39 is 17.3 Å². The van der Waals surface area contributed by atoms with Crippen LogP contribution < -0.4 is 5.43 Å². The summed E-state index contributed by atoms with van der Waals surface area (Å²) in [5.41, 5.74) is 1.97. The zero-order valence-electron chi connectivity index (χ0n) is 7.63. The molecule has 0 aromatic heterocycles. The van der Waals surface area contributed by atoms with Gasteiger partial charge < -0.3 is 0 Å². The number of rotatable bonds is 2. The van der Waals surface area contributed by atoms with Crippen molar-refractivity contribution in [3.63, 3.8) is 0 Å². The van der Waals surface area contributed by atoms with Gasteiger partial charge in [0.05, 0.1) is 5.69 Å². The van der Waals surface area contributed by atoms with E-state index in [0.717, 1.165) is 12.1 Å². The van der Waals surface area contributed by atoms with E-state index in [4.69, 9.17) is 10.5 Å². The number of nitrogens with one attached hydrogen (secondary N) is 1. The van der Waals surface area contributed by atoms with Crippen LogP contribution in [0.1, 0.15) is 0 Å². The van der Waals surface area contributed by atoms with Crippen molar-refractivity contribution < 1.29 is 8.78 Å². The summed E-state index contributed by atoms with van der Waals surface area (Å²) in [5, 5.41) is 20.2. The largest absolute Gasteiger partial charge is 0.275 e. The Morgan fingerprint density at radius 3 is 2.38 bits per heavy atom. The first-order valence-electron chi connectivity index (χ1n) is 3.87. The molecule has 1 aromatic rings. The summed E-state index contributed by atoms with van der Waals surface area (Å²) in [6.45, 7) is 0. The number of hydrogen-bond donors (Lipinski definition) is 1. The normalized spacial score (nSPS) is 8.81. The van der Waals surface area contributed by atoms with Crippen LogP contribution in [0.5, 0.6) is 0 Å². The van der Waals surface area contributed by atoms with Gasteiger partial charge in [-0.05, 0) is 22.0 Å². The van der Waals surface area contributed by atoms with Crippen LogP contribution in [0.15, 0.2) is 21.7 Å². The van der Waals surface area contributed by atoms with Crippen LogP contribution in [-0.2, 0) is 0 Å². The molecule has 0 amide bonds. The molecule has 1 N–H and O–H groups in total. The van der Waals surface area contributed by atoms with Gasteiger partial charge in [-0.15, -0.1) is 0 Å². The summed E-state index contributed by atoms with van der Waals surface area (Å²) in [7, 11) is 0. The third-order valence-corrected chi connectivity index (χ3v) is 2.17. The second kappa shape index (κ2) is 5.19. The molecule has 0 unspecified atom stereocenters. The van der Waals surface area contributed by atoms with Crippen LogP contribution in [0.4, 0.5) is 14.5 Å². The first-order chi connectivity index (χ1) is 7.58. The average Bonchev–Trinajstić information content (AvgIpc) is 2.26. The molecule has 16 heavy (non-hydrogen) atoms. The summed E-state index contributed by atoms with van der Waals surface area (Å²) >= 11 is 2.97. The fourth-order valence-electron chi connectivity index (χ4n) is 0.799. The van der Waals surface area contributed by atoms with Gasteiger partial charge in [0.1, 0.15) is 12.1 Å². The summed E-state index contributed by atoms with van der Waals surface area (Å²) in [4.78, 5) is 0. The smallest absolute Gasteiger partial charge is 0.237 e. The molecule has 0 saturated carbocycles. The first-order valence-corrected chi connectivity index (χ1v) is 4.66. The predicted molar refractivity (Wildman–Crippen MR) is 56.3 cm³/mol. The second-order valence-corrected chi connectivity index (χ2v) is 3.40.